The van der Waals surface area contributed by atoms with Gasteiger partial charge in [-0.1, -0.05) is 199 Å². The van der Waals surface area contributed by atoms with E-state index in [1.807, 2.05) is 0 Å². The average molecular weight is 649 g/mol. The molecule has 240 valence electrons. The first kappa shape index (κ1) is 31.3. The molecule has 8 rings (SSSR count). The van der Waals surface area contributed by atoms with Gasteiger partial charge in [0.25, 0.3) is 0 Å². The van der Waals surface area contributed by atoms with Crippen LogP contribution in [-0.2, 0) is 10.8 Å². The number of fused-ring (bicyclic) bond motifs is 5. The molecule has 0 aromatic heterocycles. The first-order chi connectivity index (χ1) is 23.6. The van der Waals surface area contributed by atoms with Crippen LogP contribution in [0.25, 0.3) is 32.7 Å². The van der Waals surface area contributed by atoms with Gasteiger partial charge in [0.1, 0.15) is 0 Å². The second kappa shape index (κ2) is 11.6. The Labute approximate surface area is 293 Å². The lowest BCUT2D eigenvalue weighted by atomic mass is 9.85. The van der Waals surface area contributed by atoms with Gasteiger partial charge in [0.15, 0.2) is 8.07 Å². The Morgan fingerprint density at radius 1 is 0.347 bits per heavy atom. The SMILES string of the molecule is CC(C)(C)c1ccc2c(c1)[Si]1(C(c3ccccc3)=C(c3ccccc3)C(c3ccccc3)=C1c1ccccc1)c1cc(C(C)(C)C)ccc1-2. The number of hydrogen-bond acceptors (Lipinski definition) is 0. The minimum absolute atomic E-state index is 0.00629. The van der Waals surface area contributed by atoms with E-state index >= 15 is 0 Å². The Kier molecular flexibility index (Phi) is 7.39. The van der Waals surface area contributed by atoms with Crippen LogP contribution >= 0.6 is 0 Å². The molecule has 0 unspecified atom stereocenters. The van der Waals surface area contributed by atoms with Crippen molar-refractivity contribution in [2.75, 3.05) is 0 Å². The summed E-state index contributed by atoms with van der Waals surface area (Å²) in [4.78, 5) is 0. The maximum atomic E-state index is 2.61. The Bertz CT molecular complexity index is 2080. The first-order valence-corrected chi connectivity index (χ1v) is 19.6. The van der Waals surface area contributed by atoms with Crippen molar-refractivity contribution in [3.63, 3.8) is 0 Å². The Morgan fingerprint density at radius 2 is 0.653 bits per heavy atom. The highest BCUT2D eigenvalue weighted by Gasteiger charge is 2.58. The smallest absolute Gasteiger partial charge is 0.0622 e. The van der Waals surface area contributed by atoms with E-state index in [1.54, 1.807) is 0 Å². The third kappa shape index (κ3) is 4.94. The largest absolute Gasteiger partial charge is 0.183 e. The minimum Gasteiger partial charge on any atom is -0.0622 e. The molecule has 0 fully saturated rings. The van der Waals surface area contributed by atoms with Crippen molar-refractivity contribution in [1.29, 1.82) is 0 Å². The van der Waals surface area contributed by atoms with E-state index in [4.69, 9.17) is 0 Å². The standard InChI is InChI=1S/C48H44Si/c1-47(2,3)37-27-29-39-40-30-28-38(48(4,5)6)32-42(40)49(41(39)31-37)45(35-23-15-9-16-24-35)43(33-19-11-7-12-20-33)44(34-21-13-8-14-22-34)46(49)36-25-17-10-18-26-36/h7-32H,1-6H3. The predicted octanol–water partition coefficient (Wildman–Crippen LogP) is 11.1. The fourth-order valence-corrected chi connectivity index (χ4v) is 14.4. The van der Waals surface area contributed by atoms with Gasteiger partial charge in [0, 0.05) is 0 Å². The van der Waals surface area contributed by atoms with Gasteiger partial charge < -0.3 is 0 Å². The highest BCUT2D eigenvalue weighted by molar-refractivity contribution is 7.31. The third-order valence-electron chi connectivity index (χ3n) is 10.6. The zero-order chi connectivity index (χ0) is 34.0. The second-order valence-electron chi connectivity index (χ2n) is 15.7. The van der Waals surface area contributed by atoms with Gasteiger partial charge in [0.2, 0.25) is 0 Å². The van der Waals surface area contributed by atoms with Crippen LogP contribution in [0.2, 0.25) is 0 Å². The summed E-state index contributed by atoms with van der Waals surface area (Å²) >= 11 is 0. The van der Waals surface area contributed by atoms with E-state index in [2.05, 4.69) is 199 Å². The minimum atomic E-state index is -3.00. The Balaban J connectivity index is 1.68. The predicted molar refractivity (Wildman–Crippen MR) is 214 cm³/mol. The molecule has 0 atom stereocenters. The molecule has 0 amide bonds. The molecular formula is C48H44Si. The van der Waals surface area contributed by atoms with Crippen LogP contribution in [0, 0.1) is 0 Å². The molecule has 0 N–H and O–H groups in total. The fraction of sp³-hybridized carbons (Fsp3) is 0.167. The number of rotatable bonds is 4. The van der Waals surface area contributed by atoms with Crippen molar-refractivity contribution in [3.8, 4) is 11.1 Å². The molecule has 0 saturated carbocycles. The van der Waals surface area contributed by atoms with E-state index in [9.17, 15) is 0 Å². The van der Waals surface area contributed by atoms with Crippen molar-refractivity contribution in [2.45, 2.75) is 52.4 Å². The third-order valence-corrected chi connectivity index (χ3v) is 15.6. The van der Waals surface area contributed by atoms with Crippen molar-refractivity contribution in [2.24, 2.45) is 0 Å². The molecule has 0 saturated heterocycles. The first-order valence-electron chi connectivity index (χ1n) is 17.6. The van der Waals surface area contributed by atoms with Gasteiger partial charge >= 0.3 is 0 Å². The fourth-order valence-electron chi connectivity index (χ4n) is 8.26. The summed E-state index contributed by atoms with van der Waals surface area (Å²) in [5.41, 5.74) is 13.5. The van der Waals surface area contributed by atoms with Crippen molar-refractivity contribution < 1.29 is 0 Å². The molecule has 0 bridgehead atoms. The number of benzene rings is 6. The maximum absolute atomic E-state index is 3.00. The van der Waals surface area contributed by atoms with Crippen LogP contribution < -0.4 is 10.4 Å². The van der Waals surface area contributed by atoms with Crippen LogP contribution in [-0.4, -0.2) is 8.07 Å². The van der Waals surface area contributed by atoms with E-state index in [1.165, 1.54) is 76.4 Å². The van der Waals surface area contributed by atoms with Crippen LogP contribution in [0.4, 0.5) is 0 Å². The van der Waals surface area contributed by atoms with Crippen molar-refractivity contribution in [3.05, 3.63) is 191 Å². The molecule has 0 nitrogen and oxygen atoms in total. The van der Waals surface area contributed by atoms with Gasteiger partial charge in [-0.25, -0.2) is 0 Å². The van der Waals surface area contributed by atoms with E-state index in [0.29, 0.717) is 0 Å². The summed E-state index contributed by atoms with van der Waals surface area (Å²) in [6.45, 7) is 14.1. The molecule has 6 aromatic rings. The van der Waals surface area contributed by atoms with E-state index in [-0.39, 0.29) is 10.8 Å². The molecule has 2 aliphatic rings. The summed E-state index contributed by atoms with van der Waals surface area (Å²) in [5.74, 6) is 0. The highest BCUT2D eigenvalue weighted by Crippen LogP contribution is 2.58. The van der Waals surface area contributed by atoms with Crippen LogP contribution in [0.1, 0.15) is 74.9 Å². The van der Waals surface area contributed by atoms with Gasteiger partial charge in [-0.3, -0.25) is 0 Å². The molecule has 2 aliphatic heterocycles. The molecular weight excluding hydrogens is 605 g/mol. The molecule has 0 aliphatic carbocycles. The maximum Gasteiger partial charge on any atom is 0.183 e. The lowest BCUT2D eigenvalue weighted by molar-refractivity contribution is 0.590. The summed E-state index contributed by atoms with van der Waals surface area (Å²) in [6, 6.07) is 60.0. The zero-order valence-electron chi connectivity index (χ0n) is 29.5. The number of hydrogen-bond donors (Lipinski definition) is 0. The van der Waals surface area contributed by atoms with Crippen molar-refractivity contribution in [1.82, 2.24) is 0 Å². The highest BCUT2D eigenvalue weighted by atomic mass is 28.3. The Morgan fingerprint density at radius 3 is 0.959 bits per heavy atom. The zero-order valence-corrected chi connectivity index (χ0v) is 30.5. The second-order valence-corrected chi connectivity index (χ2v) is 19.3. The normalized spacial score (nSPS) is 15.1. The molecule has 1 heteroatoms. The Hall–Kier alpha value is -4.98. The van der Waals surface area contributed by atoms with Crippen LogP contribution in [0.5, 0.6) is 0 Å². The molecule has 49 heavy (non-hydrogen) atoms. The van der Waals surface area contributed by atoms with Gasteiger partial charge in [-0.2, -0.15) is 0 Å². The summed E-state index contributed by atoms with van der Waals surface area (Å²) in [5, 5.41) is 6.01. The quantitative estimate of drug-likeness (QED) is 0.167. The van der Waals surface area contributed by atoms with Gasteiger partial charge in [0.05, 0.1) is 0 Å². The average Bonchev–Trinajstić information content (AvgIpc) is 3.59. The summed E-state index contributed by atoms with van der Waals surface area (Å²) < 4.78 is 0. The summed E-state index contributed by atoms with van der Waals surface area (Å²) in [6.07, 6.45) is 0. The lowest BCUT2D eigenvalue weighted by Crippen LogP contribution is -2.57. The number of allylic oxidation sites excluding steroid dienone is 2. The molecule has 0 radical (unpaired) electrons. The van der Waals surface area contributed by atoms with Crippen LogP contribution in [0.3, 0.4) is 0 Å². The molecule has 6 aromatic carbocycles. The van der Waals surface area contributed by atoms with E-state index in [0.717, 1.165) is 0 Å². The van der Waals surface area contributed by atoms with Gasteiger partial charge in [-0.05, 0) is 87.3 Å². The molecule has 2 heterocycles. The molecule has 1 spiro atoms. The topological polar surface area (TPSA) is 0 Å². The summed E-state index contributed by atoms with van der Waals surface area (Å²) in [7, 11) is -3.00. The van der Waals surface area contributed by atoms with Gasteiger partial charge in [-0.15, -0.1) is 0 Å². The van der Waals surface area contributed by atoms with E-state index < -0.39 is 8.07 Å². The monoisotopic (exact) mass is 648 g/mol. The lowest BCUT2D eigenvalue weighted by Gasteiger charge is -2.35. The van der Waals surface area contributed by atoms with Crippen molar-refractivity contribution >= 4 is 40.0 Å². The van der Waals surface area contributed by atoms with Crippen LogP contribution in [0.15, 0.2) is 158 Å².